The van der Waals surface area contributed by atoms with E-state index in [1.165, 1.54) is 0 Å². The number of thiocarbonyl (C=S) groups is 1. The molecule has 1 aromatic rings. The van der Waals surface area contributed by atoms with Gasteiger partial charge >= 0.3 is 0 Å². The second-order valence-corrected chi connectivity index (χ2v) is 3.78. The highest BCUT2D eigenvalue weighted by molar-refractivity contribution is 7.80. The summed E-state index contributed by atoms with van der Waals surface area (Å²) in [5.41, 5.74) is 5.40. The molecule has 0 saturated heterocycles. The number of rotatable bonds is 1. The molecule has 0 bridgehead atoms. The van der Waals surface area contributed by atoms with Crippen molar-refractivity contribution in [3.05, 3.63) is 11.1 Å². The number of hydrogen-bond acceptors (Lipinski definition) is 3. The lowest BCUT2D eigenvalue weighted by molar-refractivity contribution is 1.21. The Morgan fingerprint density at radius 2 is 2.45 bits per heavy atom. The number of thiazole rings is 1. The van der Waals surface area contributed by atoms with Crippen LogP contribution >= 0.6 is 23.6 Å². The molecule has 3 nitrogen and oxygen atoms in total. The number of hydrogen-bond donors (Lipinski definition) is 1. The van der Waals surface area contributed by atoms with Crippen LogP contribution in [0.5, 0.6) is 0 Å². The van der Waals surface area contributed by atoms with Gasteiger partial charge in [-0.3, -0.25) is 4.90 Å². The van der Waals surface area contributed by atoms with Crippen molar-refractivity contribution >= 4 is 33.8 Å². The number of anilines is 1. The summed E-state index contributed by atoms with van der Waals surface area (Å²) in [7, 11) is 1.81. The van der Waals surface area contributed by atoms with Crippen LogP contribution in [-0.2, 0) is 0 Å². The van der Waals surface area contributed by atoms with Crippen molar-refractivity contribution in [3.63, 3.8) is 0 Å². The van der Waals surface area contributed by atoms with E-state index in [2.05, 4.69) is 4.98 Å². The van der Waals surface area contributed by atoms with Crippen LogP contribution in [0.4, 0.5) is 5.13 Å². The number of nitrogens with two attached hydrogens (primary N) is 1. The van der Waals surface area contributed by atoms with E-state index in [1.807, 2.05) is 6.92 Å². The first-order chi connectivity index (χ1) is 5.11. The summed E-state index contributed by atoms with van der Waals surface area (Å²) >= 11 is 6.35. The Hall–Kier alpha value is -0.680. The van der Waals surface area contributed by atoms with Crippen molar-refractivity contribution in [2.75, 3.05) is 11.9 Å². The molecule has 2 N–H and O–H groups in total. The second kappa shape index (κ2) is 3.15. The van der Waals surface area contributed by atoms with E-state index >= 15 is 0 Å². The molecule has 60 valence electrons. The van der Waals surface area contributed by atoms with E-state index < -0.39 is 0 Å². The molecule has 1 aromatic heterocycles. The van der Waals surface area contributed by atoms with Crippen molar-refractivity contribution in [1.82, 2.24) is 4.98 Å². The van der Waals surface area contributed by atoms with Gasteiger partial charge in [0.15, 0.2) is 10.2 Å². The van der Waals surface area contributed by atoms with Crippen molar-refractivity contribution in [2.24, 2.45) is 5.73 Å². The van der Waals surface area contributed by atoms with Crippen molar-refractivity contribution < 1.29 is 0 Å². The van der Waals surface area contributed by atoms with E-state index in [0.29, 0.717) is 5.11 Å². The smallest absolute Gasteiger partial charge is 0.191 e. The molecule has 0 amide bonds. The maximum absolute atomic E-state index is 5.40. The quantitative estimate of drug-likeness (QED) is 0.669. The minimum Gasteiger partial charge on any atom is -0.376 e. The minimum atomic E-state index is 0.347. The summed E-state index contributed by atoms with van der Waals surface area (Å²) in [5.74, 6) is 0. The van der Waals surface area contributed by atoms with Crippen molar-refractivity contribution in [3.8, 4) is 0 Å². The highest BCUT2D eigenvalue weighted by atomic mass is 32.1. The third-order valence-electron chi connectivity index (χ3n) is 1.23. The van der Waals surface area contributed by atoms with Gasteiger partial charge in [0, 0.05) is 18.1 Å². The molecule has 0 spiro atoms. The maximum Gasteiger partial charge on any atom is 0.191 e. The van der Waals surface area contributed by atoms with E-state index in [4.69, 9.17) is 18.0 Å². The Bertz CT molecular complexity index is 269. The lowest BCUT2D eigenvalue weighted by Gasteiger charge is -2.11. The molecule has 1 rings (SSSR count). The molecule has 0 aromatic carbocycles. The van der Waals surface area contributed by atoms with Crippen LogP contribution in [0.15, 0.2) is 6.20 Å². The molecular formula is C6H9N3S2. The van der Waals surface area contributed by atoms with E-state index in [0.717, 1.165) is 10.0 Å². The van der Waals surface area contributed by atoms with Crippen LogP contribution in [0.3, 0.4) is 0 Å². The Kier molecular flexibility index (Phi) is 2.41. The first-order valence-electron chi connectivity index (χ1n) is 3.07. The molecule has 0 atom stereocenters. The van der Waals surface area contributed by atoms with Gasteiger partial charge in [0.1, 0.15) is 0 Å². The van der Waals surface area contributed by atoms with Gasteiger partial charge in [0.05, 0.1) is 0 Å². The van der Waals surface area contributed by atoms with E-state index in [9.17, 15) is 0 Å². The van der Waals surface area contributed by atoms with Gasteiger partial charge in [0.25, 0.3) is 0 Å². The second-order valence-electron chi connectivity index (χ2n) is 2.15. The predicted molar refractivity (Wildman–Crippen MR) is 52.0 cm³/mol. The average molecular weight is 187 g/mol. The molecule has 0 aliphatic heterocycles. The molecular weight excluding hydrogens is 178 g/mol. The number of nitrogens with zero attached hydrogens (tertiary/aromatic N) is 2. The van der Waals surface area contributed by atoms with Crippen LogP contribution in [0.2, 0.25) is 0 Å². The molecule has 11 heavy (non-hydrogen) atoms. The minimum absolute atomic E-state index is 0.347. The standard InChI is InChI=1S/C6H9N3S2/c1-4-3-8-6(11-4)9(2)5(7)10/h3H,1-2H3,(H2,7,10). The Morgan fingerprint density at radius 1 is 1.82 bits per heavy atom. The zero-order valence-corrected chi connectivity index (χ0v) is 8.00. The number of aryl methyl sites for hydroxylation is 1. The third kappa shape index (κ3) is 1.87. The highest BCUT2D eigenvalue weighted by Crippen LogP contribution is 2.19. The molecule has 0 radical (unpaired) electrons. The summed E-state index contributed by atoms with van der Waals surface area (Å²) in [4.78, 5) is 6.96. The van der Waals surface area contributed by atoms with Crippen LogP contribution in [0, 0.1) is 6.92 Å². The molecule has 0 aliphatic rings. The highest BCUT2D eigenvalue weighted by Gasteiger charge is 2.05. The molecule has 0 fully saturated rings. The largest absolute Gasteiger partial charge is 0.376 e. The maximum atomic E-state index is 5.40. The summed E-state index contributed by atoms with van der Waals surface area (Å²) in [6.45, 7) is 1.99. The fourth-order valence-electron chi connectivity index (χ4n) is 0.592. The zero-order chi connectivity index (χ0) is 8.43. The molecule has 0 unspecified atom stereocenters. The average Bonchev–Trinajstić information content (AvgIpc) is 2.34. The Labute approximate surface area is 74.8 Å². The van der Waals surface area contributed by atoms with Crippen LogP contribution < -0.4 is 10.6 Å². The topological polar surface area (TPSA) is 42.2 Å². The molecule has 0 saturated carbocycles. The fourth-order valence-corrected chi connectivity index (χ4v) is 1.47. The number of aromatic nitrogens is 1. The van der Waals surface area contributed by atoms with Gasteiger partial charge in [0.2, 0.25) is 0 Å². The van der Waals surface area contributed by atoms with Gasteiger partial charge in [-0.05, 0) is 19.1 Å². The first-order valence-corrected chi connectivity index (χ1v) is 4.29. The summed E-state index contributed by atoms with van der Waals surface area (Å²) in [5, 5.41) is 1.19. The van der Waals surface area contributed by atoms with Crippen LogP contribution in [-0.4, -0.2) is 17.1 Å². The van der Waals surface area contributed by atoms with Gasteiger partial charge < -0.3 is 5.73 Å². The molecule has 0 aliphatic carbocycles. The monoisotopic (exact) mass is 187 g/mol. The van der Waals surface area contributed by atoms with Gasteiger partial charge in [-0.25, -0.2) is 4.98 Å². The summed E-state index contributed by atoms with van der Waals surface area (Å²) < 4.78 is 0. The molecule has 1 heterocycles. The van der Waals surface area contributed by atoms with Crippen LogP contribution in [0.1, 0.15) is 4.88 Å². The Morgan fingerprint density at radius 3 is 2.82 bits per heavy atom. The SMILES string of the molecule is Cc1cnc(N(C)C(N)=S)s1. The fraction of sp³-hybridized carbons (Fsp3) is 0.333. The first kappa shape index (κ1) is 8.42. The van der Waals surface area contributed by atoms with Crippen molar-refractivity contribution in [1.29, 1.82) is 0 Å². The zero-order valence-electron chi connectivity index (χ0n) is 6.37. The van der Waals surface area contributed by atoms with Crippen LogP contribution in [0.25, 0.3) is 0 Å². The van der Waals surface area contributed by atoms with E-state index in [1.54, 1.807) is 29.5 Å². The third-order valence-corrected chi connectivity index (χ3v) is 2.49. The molecule has 5 heteroatoms. The lowest BCUT2D eigenvalue weighted by Crippen LogP contribution is -2.31. The van der Waals surface area contributed by atoms with Gasteiger partial charge in [-0.2, -0.15) is 0 Å². The van der Waals surface area contributed by atoms with Crippen molar-refractivity contribution in [2.45, 2.75) is 6.92 Å². The van der Waals surface area contributed by atoms with Gasteiger partial charge in [-0.15, -0.1) is 11.3 Å². The predicted octanol–water partition coefficient (Wildman–Crippen LogP) is 1.13. The summed E-state index contributed by atoms with van der Waals surface area (Å²) in [6.07, 6.45) is 1.80. The Balaban J connectivity index is 2.84. The lowest BCUT2D eigenvalue weighted by atomic mass is 10.6. The normalized spacial score (nSPS) is 9.64. The van der Waals surface area contributed by atoms with E-state index in [-0.39, 0.29) is 0 Å². The van der Waals surface area contributed by atoms with Gasteiger partial charge in [-0.1, -0.05) is 0 Å². The summed E-state index contributed by atoms with van der Waals surface area (Å²) in [6, 6.07) is 0.